The van der Waals surface area contributed by atoms with E-state index in [9.17, 15) is 4.79 Å². The molecule has 0 aliphatic rings. The highest BCUT2D eigenvalue weighted by Gasteiger charge is 2.21. The normalized spacial score (nSPS) is 10.6. The summed E-state index contributed by atoms with van der Waals surface area (Å²) in [5.41, 5.74) is 7.31. The maximum Gasteiger partial charge on any atom is 0.228 e. The minimum atomic E-state index is -0.0881. The maximum absolute atomic E-state index is 12.3. The summed E-state index contributed by atoms with van der Waals surface area (Å²) in [6.07, 6.45) is 0.290. The molecule has 0 unspecified atom stereocenters. The van der Waals surface area contributed by atoms with Crippen molar-refractivity contribution >= 4 is 53.7 Å². The van der Waals surface area contributed by atoms with Crippen molar-refractivity contribution in [3.05, 3.63) is 40.4 Å². The predicted octanol–water partition coefficient (Wildman–Crippen LogP) is 4.29. The molecule has 0 bridgehead atoms. The molecule has 0 aliphatic heterocycles. The number of hydrogen-bond donors (Lipinski definition) is 1. The molecule has 2 aromatic rings. The van der Waals surface area contributed by atoms with Crippen LogP contribution in [-0.2, 0) is 11.2 Å². The number of nitrogens with zero attached hydrogens (tertiary/aromatic N) is 2. The van der Waals surface area contributed by atoms with Gasteiger partial charge in [-0.15, -0.1) is 36.2 Å². The van der Waals surface area contributed by atoms with E-state index < -0.39 is 0 Å². The van der Waals surface area contributed by atoms with E-state index in [0.717, 1.165) is 16.3 Å². The Morgan fingerprint density at radius 2 is 1.96 bits per heavy atom. The average Bonchev–Trinajstić information content (AvgIpc) is 2.95. The van der Waals surface area contributed by atoms with Crippen molar-refractivity contribution in [2.24, 2.45) is 11.1 Å². The van der Waals surface area contributed by atoms with Crippen LogP contribution in [0.1, 0.15) is 19.5 Å². The van der Waals surface area contributed by atoms with E-state index in [1.807, 2.05) is 29.6 Å². The molecule has 8 heteroatoms. The summed E-state index contributed by atoms with van der Waals surface area (Å²) in [4.78, 5) is 18.6. The smallest absolute Gasteiger partial charge is 0.228 e. The Labute approximate surface area is 170 Å². The SMILES string of the molecule is CN(CC(C)(C)CN)C(=O)Cc1csc(-c2ccccc2Cl)n1.Cl.Cl. The Morgan fingerprint density at radius 3 is 2.56 bits per heavy atom. The Bertz CT molecular complexity index is 691. The highest BCUT2D eigenvalue weighted by atomic mass is 35.5. The molecule has 4 nitrogen and oxygen atoms in total. The molecule has 25 heavy (non-hydrogen) atoms. The molecule has 0 saturated carbocycles. The van der Waals surface area contributed by atoms with Crippen LogP contribution in [0.4, 0.5) is 0 Å². The zero-order valence-corrected chi connectivity index (χ0v) is 17.7. The van der Waals surface area contributed by atoms with Crippen LogP contribution in [0.25, 0.3) is 10.6 Å². The first-order valence-electron chi connectivity index (χ1n) is 7.46. The third kappa shape index (κ3) is 6.76. The van der Waals surface area contributed by atoms with E-state index in [-0.39, 0.29) is 42.6 Å². The standard InChI is InChI=1S/C17H22ClN3OS.2ClH/c1-17(2,10-19)11-21(3)15(22)8-12-9-23-16(20-12)13-6-4-5-7-14(13)18;;/h4-7,9H,8,10-11,19H2,1-3H3;2*1H. The molecule has 0 atom stereocenters. The zero-order chi connectivity index (χ0) is 17.0. The van der Waals surface area contributed by atoms with Gasteiger partial charge in [0.1, 0.15) is 5.01 Å². The molecule has 0 aliphatic carbocycles. The lowest BCUT2D eigenvalue weighted by Gasteiger charge is -2.28. The first kappa shape index (κ1) is 24.2. The molecular formula is C17H24Cl3N3OS. The van der Waals surface area contributed by atoms with Crippen molar-refractivity contribution in [1.82, 2.24) is 9.88 Å². The fourth-order valence-corrected chi connectivity index (χ4v) is 3.37. The summed E-state index contributed by atoms with van der Waals surface area (Å²) in [5.74, 6) is 0.0440. The minimum absolute atomic E-state index is 0. The highest BCUT2D eigenvalue weighted by molar-refractivity contribution is 7.13. The van der Waals surface area contributed by atoms with Crippen LogP contribution in [0.5, 0.6) is 0 Å². The number of nitrogens with two attached hydrogens (primary N) is 1. The number of benzene rings is 1. The van der Waals surface area contributed by atoms with E-state index in [1.165, 1.54) is 11.3 Å². The largest absolute Gasteiger partial charge is 0.345 e. The number of carbonyl (C=O) groups excluding carboxylic acids is 1. The van der Waals surface area contributed by atoms with E-state index in [1.54, 1.807) is 11.9 Å². The monoisotopic (exact) mass is 423 g/mol. The summed E-state index contributed by atoms with van der Waals surface area (Å²) in [5, 5.41) is 3.42. The highest BCUT2D eigenvalue weighted by Crippen LogP contribution is 2.30. The predicted molar refractivity (Wildman–Crippen MR) is 111 cm³/mol. The topological polar surface area (TPSA) is 59.2 Å². The lowest BCUT2D eigenvalue weighted by molar-refractivity contribution is -0.130. The van der Waals surface area contributed by atoms with Gasteiger partial charge in [-0.05, 0) is 18.0 Å². The Hall–Kier alpha value is -0.850. The Balaban J connectivity index is 0.00000288. The van der Waals surface area contributed by atoms with Crippen LogP contribution in [0.15, 0.2) is 29.6 Å². The number of aromatic nitrogens is 1. The van der Waals surface area contributed by atoms with Gasteiger partial charge >= 0.3 is 0 Å². The second-order valence-electron chi connectivity index (χ2n) is 6.42. The van der Waals surface area contributed by atoms with Crippen LogP contribution in [-0.4, -0.2) is 35.9 Å². The molecule has 1 amide bonds. The summed E-state index contributed by atoms with van der Waals surface area (Å²) >= 11 is 7.69. The number of carbonyl (C=O) groups is 1. The van der Waals surface area contributed by atoms with Gasteiger partial charge in [0.15, 0.2) is 0 Å². The molecule has 0 radical (unpaired) electrons. The van der Waals surface area contributed by atoms with Gasteiger partial charge in [-0.1, -0.05) is 43.6 Å². The molecule has 2 N–H and O–H groups in total. The number of thiazole rings is 1. The van der Waals surface area contributed by atoms with Crippen LogP contribution in [0.3, 0.4) is 0 Å². The molecule has 0 saturated heterocycles. The summed E-state index contributed by atoms with van der Waals surface area (Å²) < 4.78 is 0. The third-order valence-corrected chi connectivity index (χ3v) is 4.89. The van der Waals surface area contributed by atoms with Gasteiger partial charge in [0.25, 0.3) is 0 Å². The van der Waals surface area contributed by atoms with Gasteiger partial charge in [0, 0.05) is 24.5 Å². The van der Waals surface area contributed by atoms with E-state index in [2.05, 4.69) is 18.8 Å². The van der Waals surface area contributed by atoms with Crippen LogP contribution in [0.2, 0.25) is 5.02 Å². The van der Waals surface area contributed by atoms with Crippen molar-refractivity contribution in [3.8, 4) is 10.6 Å². The molecule has 1 heterocycles. The molecule has 140 valence electrons. The number of hydrogen-bond acceptors (Lipinski definition) is 4. The number of likely N-dealkylation sites (N-methyl/N-ethyl adjacent to an activating group) is 1. The van der Waals surface area contributed by atoms with Gasteiger partial charge in [-0.25, -0.2) is 4.98 Å². The number of amides is 1. The van der Waals surface area contributed by atoms with Crippen molar-refractivity contribution in [3.63, 3.8) is 0 Å². The second kappa shape index (κ2) is 10.3. The quantitative estimate of drug-likeness (QED) is 0.752. The maximum atomic E-state index is 12.3. The van der Waals surface area contributed by atoms with Crippen molar-refractivity contribution in [2.45, 2.75) is 20.3 Å². The molecule has 2 rings (SSSR count). The number of halogens is 3. The van der Waals surface area contributed by atoms with E-state index in [4.69, 9.17) is 17.3 Å². The molecular weight excluding hydrogens is 401 g/mol. The fraction of sp³-hybridized carbons (Fsp3) is 0.412. The zero-order valence-electron chi connectivity index (χ0n) is 14.5. The Kier molecular flexibility index (Phi) is 9.98. The van der Waals surface area contributed by atoms with Crippen LogP contribution < -0.4 is 5.73 Å². The fourth-order valence-electron chi connectivity index (χ4n) is 2.23. The van der Waals surface area contributed by atoms with Gasteiger partial charge < -0.3 is 10.6 Å². The van der Waals surface area contributed by atoms with Crippen molar-refractivity contribution < 1.29 is 4.79 Å². The van der Waals surface area contributed by atoms with E-state index >= 15 is 0 Å². The first-order valence-corrected chi connectivity index (χ1v) is 8.71. The molecule has 1 aromatic heterocycles. The summed E-state index contributed by atoms with van der Waals surface area (Å²) in [7, 11) is 1.81. The van der Waals surface area contributed by atoms with Gasteiger partial charge in [-0.2, -0.15) is 0 Å². The lowest BCUT2D eigenvalue weighted by atomic mass is 9.93. The van der Waals surface area contributed by atoms with E-state index in [0.29, 0.717) is 18.1 Å². The van der Waals surface area contributed by atoms with Gasteiger partial charge in [0.05, 0.1) is 17.1 Å². The van der Waals surface area contributed by atoms with Crippen molar-refractivity contribution in [2.75, 3.05) is 20.1 Å². The van der Waals surface area contributed by atoms with Crippen molar-refractivity contribution in [1.29, 1.82) is 0 Å². The van der Waals surface area contributed by atoms with Gasteiger partial charge in [-0.3, -0.25) is 4.79 Å². The van der Waals surface area contributed by atoms with Gasteiger partial charge in [0.2, 0.25) is 5.91 Å². The first-order chi connectivity index (χ1) is 10.8. The Morgan fingerprint density at radius 1 is 1.32 bits per heavy atom. The minimum Gasteiger partial charge on any atom is -0.345 e. The third-order valence-electron chi connectivity index (χ3n) is 3.63. The van der Waals surface area contributed by atoms with Crippen LogP contribution >= 0.6 is 47.8 Å². The lowest BCUT2D eigenvalue weighted by Crippen LogP contribution is -2.40. The van der Waals surface area contributed by atoms with Crippen LogP contribution in [0, 0.1) is 5.41 Å². The number of rotatable bonds is 6. The average molecular weight is 425 g/mol. The second-order valence-corrected chi connectivity index (χ2v) is 7.68. The summed E-state index contributed by atoms with van der Waals surface area (Å²) in [6, 6.07) is 7.59. The summed E-state index contributed by atoms with van der Waals surface area (Å²) in [6.45, 7) is 5.27. The molecule has 0 spiro atoms. The molecule has 0 fully saturated rings. The molecule has 1 aromatic carbocycles.